The lowest BCUT2D eigenvalue weighted by molar-refractivity contribution is 0.195. The van der Waals surface area contributed by atoms with Crippen LogP contribution in [-0.4, -0.2) is 36.1 Å². The van der Waals surface area contributed by atoms with Gasteiger partial charge in [-0.15, -0.1) is 0 Å². The summed E-state index contributed by atoms with van der Waals surface area (Å²) in [6, 6.07) is -0.261. The number of hydrogen-bond donors (Lipinski definition) is 2. The number of ether oxygens (including phenoxy) is 1. The minimum absolute atomic E-state index is 0.0683. The van der Waals surface area contributed by atoms with Gasteiger partial charge in [-0.2, -0.15) is 5.10 Å². The lowest BCUT2D eigenvalue weighted by Gasteiger charge is -2.15. The number of nitrogens with zero attached hydrogens (tertiary/aromatic N) is 2. The van der Waals surface area contributed by atoms with Gasteiger partial charge in [-0.3, -0.25) is 4.68 Å². The quantitative estimate of drug-likeness (QED) is 0.772. The number of carbonyl (C=O) groups excluding carboxylic acids is 1. The molecule has 1 unspecified atom stereocenters. The topological polar surface area (TPSA) is 68.2 Å². The summed E-state index contributed by atoms with van der Waals surface area (Å²) in [4.78, 5) is 11.6. The van der Waals surface area contributed by atoms with Gasteiger partial charge >= 0.3 is 6.03 Å². The highest BCUT2D eigenvalue weighted by Crippen LogP contribution is 2.20. The largest absolute Gasteiger partial charge is 0.383 e. The van der Waals surface area contributed by atoms with Crippen molar-refractivity contribution >= 4 is 6.03 Å². The van der Waals surface area contributed by atoms with E-state index in [2.05, 4.69) is 15.7 Å². The van der Waals surface area contributed by atoms with Gasteiger partial charge in [0.15, 0.2) is 0 Å². The molecule has 18 heavy (non-hydrogen) atoms. The van der Waals surface area contributed by atoms with Gasteiger partial charge in [0.25, 0.3) is 0 Å². The molecule has 2 amide bonds. The lowest BCUT2D eigenvalue weighted by Crippen LogP contribution is -2.38. The summed E-state index contributed by atoms with van der Waals surface area (Å²) in [6.07, 6.45) is 0. The number of amides is 2. The van der Waals surface area contributed by atoms with E-state index in [1.807, 2.05) is 32.5 Å². The van der Waals surface area contributed by atoms with Crippen molar-refractivity contribution in [2.75, 3.05) is 20.3 Å². The number of nitrogens with one attached hydrogen (secondary N) is 2. The molecule has 0 spiro atoms. The first-order chi connectivity index (χ1) is 8.47. The molecule has 0 aliphatic rings. The average Bonchev–Trinajstić information content (AvgIpc) is 2.53. The highest BCUT2D eigenvalue weighted by atomic mass is 16.5. The Balaban J connectivity index is 2.59. The summed E-state index contributed by atoms with van der Waals surface area (Å²) in [6.45, 7) is 6.90. The molecule has 0 saturated carbocycles. The minimum Gasteiger partial charge on any atom is -0.383 e. The van der Waals surface area contributed by atoms with Crippen LogP contribution in [0.4, 0.5) is 4.79 Å². The maximum absolute atomic E-state index is 11.6. The first kappa shape index (κ1) is 14.5. The molecule has 102 valence electrons. The molecule has 0 aliphatic carbocycles. The van der Waals surface area contributed by atoms with E-state index >= 15 is 0 Å². The van der Waals surface area contributed by atoms with Gasteiger partial charge in [-0.25, -0.2) is 4.79 Å². The Labute approximate surface area is 108 Å². The van der Waals surface area contributed by atoms with Crippen LogP contribution in [0, 0.1) is 13.8 Å². The molecular weight excluding hydrogens is 232 g/mol. The summed E-state index contributed by atoms with van der Waals surface area (Å²) >= 11 is 0. The molecule has 1 aromatic heterocycles. The van der Waals surface area contributed by atoms with Crippen molar-refractivity contribution in [1.29, 1.82) is 0 Å². The molecule has 2 N–H and O–H groups in total. The Kier molecular flexibility index (Phi) is 5.15. The van der Waals surface area contributed by atoms with Gasteiger partial charge in [0, 0.05) is 32.0 Å². The highest BCUT2D eigenvalue weighted by molar-refractivity contribution is 5.74. The molecule has 0 saturated heterocycles. The zero-order chi connectivity index (χ0) is 13.7. The van der Waals surface area contributed by atoms with Crippen molar-refractivity contribution in [3.05, 3.63) is 17.0 Å². The van der Waals surface area contributed by atoms with Gasteiger partial charge in [-0.1, -0.05) is 0 Å². The fourth-order valence-corrected chi connectivity index (χ4v) is 2.00. The van der Waals surface area contributed by atoms with Gasteiger partial charge < -0.3 is 15.4 Å². The number of hydrogen-bond acceptors (Lipinski definition) is 3. The second kappa shape index (κ2) is 6.39. The van der Waals surface area contributed by atoms with E-state index < -0.39 is 0 Å². The monoisotopic (exact) mass is 254 g/mol. The number of methoxy groups -OCH3 is 1. The Morgan fingerprint density at radius 1 is 1.50 bits per heavy atom. The van der Waals surface area contributed by atoms with Gasteiger partial charge in [-0.05, 0) is 20.8 Å². The minimum atomic E-state index is -0.192. The third-order valence-corrected chi connectivity index (χ3v) is 2.94. The van der Waals surface area contributed by atoms with Crippen LogP contribution >= 0.6 is 0 Å². The number of urea groups is 1. The van der Waals surface area contributed by atoms with Crippen LogP contribution in [0.3, 0.4) is 0 Å². The second-order valence-corrected chi connectivity index (χ2v) is 4.32. The summed E-state index contributed by atoms with van der Waals surface area (Å²) < 4.78 is 6.69. The molecule has 0 radical (unpaired) electrons. The van der Waals surface area contributed by atoms with E-state index in [0.717, 1.165) is 17.0 Å². The number of aryl methyl sites for hydroxylation is 2. The summed E-state index contributed by atoms with van der Waals surface area (Å²) in [5, 5.41) is 9.96. The fraction of sp³-hybridized carbons (Fsp3) is 0.667. The van der Waals surface area contributed by atoms with Crippen LogP contribution in [0.5, 0.6) is 0 Å². The molecular formula is C12H22N4O2. The summed E-state index contributed by atoms with van der Waals surface area (Å²) in [7, 11) is 3.50. The number of aromatic nitrogens is 2. The molecule has 1 aromatic rings. The maximum Gasteiger partial charge on any atom is 0.315 e. The van der Waals surface area contributed by atoms with Gasteiger partial charge in [0.05, 0.1) is 18.3 Å². The Hall–Kier alpha value is -1.56. The van der Waals surface area contributed by atoms with E-state index in [0.29, 0.717) is 13.2 Å². The van der Waals surface area contributed by atoms with E-state index in [1.54, 1.807) is 7.11 Å². The fourth-order valence-electron chi connectivity index (χ4n) is 2.00. The first-order valence-electron chi connectivity index (χ1n) is 6.00. The van der Waals surface area contributed by atoms with Crippen LogP contribution in [0.15, 0.2) is 0 Å². The van der Waals surface area contributed by atoms with Crippen molar-refractivity contribution in [2.45, 2.75) is 26.8 Å². The molecule has 0 bridgehead atoms. The normalized spacial score (nSPS) is 12.3. The molecule has 6 nitrogen and oxygen atoms in total. The standard InChI is InChI=1S/C12H22N4O2/c1-8(14-12(17)13-6-7-18-5)11-9(2)15-16(4)10(11)3/h8H,6-7H2,1-5H3,(H2,13,14,17). The summed E-state index contributed by atoms with van der Waals surface area (Å²) in [5.41, 5.74) is 3.08. The second-order valence-electron chi connectivity index (χ2n) is 4.32. The van der Waals surface area contributed by atoms with Crippen LogP contribution < -0.4 is 10.6 Å². The first-order valence-corrected chi connectivity index (χ1v) is 6.00. The van der Waals surface area contributed by atoms with Crippen LogP contribution in [-0.2, 0) is 11.8 Å². The lowest BCUT2D eigenvalue weighted by atomic mass is 10.1. The van der Waals surface area contributed by atoms with Crippen LogP contribution in [0.1, 0.15) is 29.9 Å². The van der Waals surface area contributed by atoms with Crippen molar-refractivity contribution in [3.63, 3.8) is 0 Å². The predicted octanol–water partition coefficient (Wildman–Crippen LogP) is 1.04. The summed E-state index contributed by atoms with van der Waals surface area (Å²) in [5.74, 6) is 0. The zero-order valence-corrected chi connectivity index (χ0v) is 11.7. The molecule has 1 atom stereocenters. The molecule has 0 fully saturated rings. The van der Waals surface area contributed by atoms with E-state index in [1.165, 1.54) is 0 Å². The van der Waals surface area contributed by atoms with Crippen molar-refractivity contribution in [3.8, 4) is 0 Å². The third-order valence-electron chi connectivity index (χ3n) is 2.94. The SMILES string of the molecule is COCCNC(=O)NC(C)c1c(C)nn(C)c1C. The molecule has 1 rings (SSSR count). The predicted molar refractivity (Wildman–Crippen MR) is 69.5 cm³/mol. The van der Waals surface area contributed by atoms with E-state index in [9.17, 15) is 4.79 Å². The molecule has 1 heterocycles. The van der Waals surface area contributed by atoms with Gasteiger partial charge in [0.1, 0.15) is 0 Å². The maximum atomic E-state index is 11.6. The van der Waals surface area contributed by atoms with E-state index in [4.69, 9.17) is 4.74 Å². The van der Waals surface area contributed by atoms with Crippen LogP contribution in [0.2, 0.25) is 0 Å². The van der Waals surface area contributed by atoms with Crippen LogP contribution in [0.25, 0.3) is 0 Å². The third kappa shape index (κ3) is 3.46. The van der Waals surface area contributed by atoms with Crippen molar-refractivity contribution < 1.29 is 9.53 Å². The molecule has 6 heteroatoms. The van der Waals surface area contributed by atoms with Gasteiger partial charge in [0.2, 0.25) is 0 Å². The highest BCUT2D eigenvalue weighted by Gasteiger charge is 2.17. The van der Waals surface area contributed by atoms with Crippen molar-refractivity contribution in [1.82, 2.24) is 20.4 Å². The molecule has 0 aliphatic heterocycles. The Morgan fingerprint density at radius 2 is 2.17 bits per heavy atom. The number of rotatable bonds is 5. The zero-order valence-electron chi connectivity index (χ0n) is 11.7. The average molecular weight is 254 g/mol. The van der Waals surface area contributed by atoms with E-state index in [-0.39, 0.29) is 12.1 Å². The van der Waals surface area contributed by atoms with Crippen molar-refractivity contribution in [2.24, 2.45) is 7.05 Å². The molecule has 0 aromatic carbocycles. The Morgan fingerprint density at radius 3 is 2.67 bits per heavy atom. The smallest absolute Gasteiger partial charge is 0.315 e. The number of carbonyl (C=O) groups is 1. The Bertz CT molecular complexity index is 414.